The summed E-state index contributed by atoms with van der Waals surface area (Å²) in [6, 6.07) is 0. The van der Waals surface area contributed by atoms with Gasteiger partial charge in [0.25, 0.3) is 0 Å². The van der Waals surface area contributed by atoms with Gasteiger partial charge in [0, 0.05) is 19.3 Å². The molecule has 0 saturated heterocycles. The number of methoxy groups -OCH3 is 1. The first-order valence-electron chi connectivity index (χ1n) is 16.1. The Labute approximate surface area is 247 Å². The third kappa shape index (κ3) is 4.34. The van der Waals surface area contributed by atoms with Crippen molar-refractivity contribution in [3.63, 3.8) is 0 Å². The second-order valence-electron chi connectivity index (χ2n) is 16.3. The summed E-state index contributed by atoms with van der Waals surface area (Å²) in [6.07, 6.45) is 12.1. The molecule has 0 radical (unpaired) electrons. The maximum Gasteiger partial charge on any atom is 0.312 e. The van der Waals surface area contributed by atoms with Gasteiger partial charge >= 0.3 is 17.9 Å². The molecule has 230 valence electrons. The first-order chi connectivity index (χ1) is 19.0. The zero-order chi connectivity index (χ0) is 30.2. The lowest BCUT2D eigenvalue weighted by Gasteiger charge is -2.71. The van der Waals surface area contributed by atoms with Gasteiger partial charge in [0.05, 0.1) is 12.5 Å². The quantitative estimate of drug-likeness (QED) is 0.199. The summed E-state index contributed by atoms with van der Waals surface area (Å²) in [5, 5.41) is 0. The standard InChI is InChI=1S/C35H54O6/c1-22(36)40-21-32(6)26-12-15-34(8)27(31(26,5)14-13-28(32)41-23(2)37)11-10-24-25-20-30(3,4)16-18-35(25,29(38)39-9)19-17-33(24,34)7/h10,25-28H,11-21H2,1-9H3/t25-,26+,27+,28-,31-,32-,33+,34+,35-/m0/s1. The second-order valence-corrected chi connectivity index (χ2v) is 16.3. The molecule has 0 unspecified atom stereocenters. The number of fused-ring (bicyclic) bond motifs is 7. The van der Waals surface area contributed by atoms with Crippen LogP contribution in [0.2, 0.25) is 0 Å². The monoisotopic (exact) mass is 570 g/mol. The molecule has 0 aromatic carbocycles. The van der Waals surface area contributed by atoms with Crippen LogP contribution in [0.25, 0.3) is 0 Å². The number of hydrogen-bond donors (Lipinski definition) is 0. The van der Waals surface area contributed by atoms with E-state index >= 15 is 0 Å². The Morgan fingerprint density at radius 1 is 0.854 bits per heavy atom. The first-order valence-corrected chi connectivity index (χ1v) is 16.1. The van der Waals surface area contributed by atoms with Gasteiger partial charge in [0.2, 0.25) is 0 Å². The zero-order valence-corrected chi connectivity index (χ0v) is 27.1. The highest BCUT2D eigenvalue weighted by molar-refractivity contribution is 5.78. The Bertz CT molecular complexity index is 1140. The molecule has 0 aromatic rings. The van der Waals surface area contributed by atoms with Crippen molar-refractivity contribution in [2.45, 2.75) is 126 Å². The normalized spacial score (nSPS) is 46.4. The molecule has 41 heavy (non-hydrogen) atoms. The highest BCUT2D eigenvalue weighted by Gasteiger charge is 2.70. The summed E-state index contributed by atoms with van der Waals surface area (Å²) in [6.45, 7) is 17.7. The molecule has 6 heteroatoms. The third-order valence-electron chi connectivity index (χ3n) is 13.9. The molecular weight excluding hydrogens is 516 g/mol. The minimum absolute atomic E-state index is 0.00562. The maximum absolute atomic E-state index is 13.5. The molecule has 0 heterocycles. The van der Waals surface area contributed by atoms with E-state index in [4.69, 9.17) is 14.2 Å². The predicted octanol–water partition coefficient (Wildman–Crippen LogP) is 7.44. The number of ether oxygens (including phenoxy) is 3. The van der Waals surface area contributed by atoms with E-state index in [9.17, 15) is 14.4 Å². The topological polar surface area (TPSA) is 78.9 Å². The maximum atomic E-state index is 13.5. The summed E-state index contributed by atoms with van der Waals surface area (Å²) >= 11 is 0. The number of allylic oxidation sites excluding steroid dienone is 2. The molecule has 4 saturated carbocycles. The Hall–Kier alpha value is -1.85. The highest BCUT2D eigenvalue weighted by Crippen LogP contribution is 2.76. The molecule has 6 nitrogen and oxygen atoms in total. The average Bonchev–Trinajstić information content (AvgIpc) is 2.89. The second kappa shape index (κ2) is 9.84. The van der Waals surface area contributed by atoms with Crippen LogP contribution in [-0.4, -0.2) is 37.7 Å². The van der Waals surface area contributed by atoms with Crippen molar-refractivity contribution in [3.05, 3.63) is 11.6 Å². The molecule has 4 fully saturated rings. The van der Waals surface area contributed by atoms with E-state index in [0.29, 0.717) is 5.92 Å². The number of rotatable bonds is 4. The van der Waals surface area contributed by atoms with E-state index in [-0.39, 0.29) is 64.1 Å². The lowest BCUT2D eigenvalue weighted by molar-refractivity contribution is -0.226. The fourth-order valence-corrected chi connectivity index (χ4v) is 11.5. The van der Waals surface area contributed by atoms with Gasteiger partial charge in [-0.05, 0) is 104 Å². The van der Waals surface area contributed by atoms with Gasteiger partial charge in [-0.3, -0.25) is 14.4 Å². The van der Waals surface area contributed by atoms with Crippen LogP contribution >= 0.6 is 0 Å². The lowest BCUT2D eigenvalue weighted by Crippen LogP contribution is -2.66. The number of hydrogen-bond acceptors (Lipinski definition) is 6. The SMILES string of the molecule is COC(=O)[C@]12CCC(C)(C)C[C@H]1C1=CC[C@@H]3[C@@]4(C)CC[C@H](OC(C)=O)[C@@](C)(COC(C)=O)[C@@H]4CC[C@@]3(C)[C@]1(C)CC2. The van der Waals surface area contributed by atoms with E-state index in [2.05, 4.69) is 47.6 Å². The van der Waals surface area contributed by atoms with E-state index < -0.39 is 10.8 Å². The van der Waals surface area contributed by atoms with Gasteiger partial charge in [-0.2, -0.15) is 0 Å². The molecule has 0 bridgehead atoms. The molecule has 0 aromatic heterocycles. The van der Waals surface area contributed by atoms with E-state index in [1.54, 1.807) is 7.11 Å². The van der Waals surface area contributed by atoms with Crippen LogP contribution in [0.3, 0.4) is 0 Å². The number of carbonyl (C=O) groups excluding carboxylic acids is 3. The largest absolute Gasteiger partial charge is 0.469 e. The molecule has 0 spiro atoms. The fraction of sp³-hybridized carbons (Fsp3) is 0.857. The van der Waals surface area contributed by atoms with Crippen molar-refractivity contribution in [1.29, 1.82) is 0 Å². The fourth-order valence-electron chi connectivity index (χ4n) is 11.5. The summed E-state index contributed by atoms with van der Waals surface area (Å²) < 4.78 is 17.1. The smallest absolute Gasteiger partial charge is 0.312 e. The molecular formula is C35H54O6. The van der Waals surface area contributed by atoms with E-state index in [0.717, 1.165) is 64.2 Å². The number of esters is 3. The zero-order valence-electron chi connectivity index (χ0n) is 27.1. The molecule has 5 aliphatic carbocycles. The lowest BCUT2D eigenvalue weighted by atomic mass is 9.33. The summed E-state index contributed by atoms with van der Waals surface area (Å²) in [5.41, 5.74) is 1.02. The molecule has 0 amide bonds. The van der Waals surface area contributed by atoms with Crippen LogP contribution in [0.4, 0.5) is 0 Å². The van der Waals surface area contributed by atoms with Crippen molar-refractivity contribution in [2.24, 2.45) is 50.2 Å². The van der Waals surface area contributed by atoms with Crippen LogP contribution in [-0.2, 0) is 28.6 Å². The molecule has 9 atom stereocenters. The predicted molar refractivity (Wildman–Crippen MR) is 158 cm³/mol. The third-order valence-corrected chi connectivity index (χ3v) is 13.9. The molecule has 5 aliphatic rings. The number of carbonyl (C=O) groups is 3. The minimum atomic E-state index is -0.434. The van der Waals surface area contributed by atoms with Crippen molar-refractivity contribution in [3.8, 4) is 0 Å². The van der Waals surface area contributed by atoms with Gasteiger partial charge in [0.15, 0.2) is 0 Å². The molecule has 0 aliphatic heterocycles. The van der Waals surface area contributed by atoms with Crippen LogP contribution in [0, 0.1) is 50.2 Å². The van der Waals surface area contributed by atoms with Crippen molar-refractivity contribution in [1.82, 2.24) is 0 Å². The van der Waals surface area contributed by atoms with Gasteiger partial charge in [-0.1, -0.05) is 53.2 Å². The van der Waals surface area contributed by atoms with Crippen molar-refractivity contribution in [2.75, 3.05) is 13.7 Å². The average molecular weight is 571 g/mol. The van der Waals surface area contributed by atoms with Crippen LogP contribution in [0.5, 0.6) is 0 Å². The molecule has 0 N–H and O–H groups in total. The van der Waals surface area contributed by atoms with E-state index in [1.807, 2.05) is 0 Å². The van der Waals surface area contributed by atoms with Gasteiger partial charge in [-0.25, -0.2) is 0 Å². The summed E-state index contributed by atoms with van der Waals surface area (Å²) in [5.74, 6) is 0.404. The Morgan fingerprint density at radius 3 is 2.17 bits per heavy atom. The van der Waals surface area contributed by atoms with Crippen LogP contribution in [0.15, 0.2) is 11.6 Å². The molecule has 5 rings (SSSR count). The van der Waals surface area contributed by atoms with Crippen LogP contribution in [0.1, 0.15) is 120 Å². The first kappa shape index (κ1) is 30.6. The van der Waals surface area contributed by atoms with Crippen molar-refractivity contribution >= 4 is 17.9 Å². The Morgan fingerprint density at radius 2 is 1.54 bits per heavy atom. The van der Waals surface area contributed by atoms with E-state index in [1.165, 1.54) is 19.4 Å². The van der Waals surface area contributed by atoms with Gasteiger partial charge in [-0.15, -0.1) is 0 Å². The van der Waals surface area contributed by atoms with Gasteiger partial charge in [0.1, 0.15) is 12.7 Å². The van der Waals surface area contributed by atoms with Gasteiger partial charge < -0.3 is 14.2 Å². The van der Waals surface area contributed by atoms with Crippen LogP contribution < -0.4 is 0 Å². The highest BCUT2D eigenvalue weighted by atomic mass is 16.6. The Balaban J connectivity index is 1.56. The summed E-state index contributed by atoms with van der Waals surface area (Å²) in [4.78, 5) is 37.6. The minimum Gasteiger partial charge on any atom is -0.469 e. The van der Waals surface area contributed by atoms with Crippen molar-refractivity contribution < 1.29 is 28.6 Å². The Kier molecular flexibility index (Phi) is 7.34. The summed E-state index contributed by atoms with van der Waals surface area (Å²) in [7, 11) is 1.56.